The van der Waals surface area contributed by atoms with E-state index in [1.807, 2.05) is 36.4 Å². The van der Waals surface area contributed by atoms with Gasteiger partial charge < -0.3 is 4.90 Å². The Morgan fingerprint density at radius 2 is 1.36 bits per heavy atom. The third-order valence-electron chi connectivity index (χ3n) is 4.74. The molecule has 4 nitrogen and oxygen atoms in total. The summed E-state index contributed by atoms with van der Waals surface area (Å²) in [5.41, 5.74) is 4.54. The van der Waals surface area contributed by atoms with E-state index in [4.69, 9.17) is 23.2 Å². The van der Waals surface area contributed by atoms with Crippen molar-refractivity contribution >= 4 is 35.1 Å². The molecule has 1 N–H and O–H groups in total. The van der Waals surface area contributed by atoms with Gasteiger partial charge in [-0.05, 0) is 40.5 Å². The number of hydrogen-bond donors (Lipinski definition) is 1. The minimum absolute atomic E-state index is 0.263. The molecule has 0 bridgehead atoms. The highest BCUT2D eigenvalue weighted by Gasteiger charge is 2.24. The average Bonchev–Trinajstić information content (AvgIpc) is 2.87. The van der Waals surface area contributed by atoms with Crippen LogP contribution in [0.25, 0.3) is 11.1 Å². The Labute approximate surface area is 172 Å². The topological polar surface area (TPSA) is 49.4 Å². The Balaban J connectivity index is 1.60. The smallest absolute Gasteiger partial charge is 0.316 e. The lowest BCUT2D eigenvalue weighted by Gasteiger charge is -2.21. The van der Waals surface area contributed by atoms with E-state index in [1.54, 1.807) is 4.90 Å². The summed E-state index contributed by atoms with van der Waals surface area (Å²) in [6, 6.07) is 20.0. The molecule has 0 spiro atoms. The first-order valence-corrected chi connectivity index (χ1v) is 9.50. The van der Waals surface area contributed by atoms with Crippen LogP contribution in [-0.2, 0) is 13.1 Å². The van der Waals surface area contributed by atoms with Gasteiger partial charge in [-0.2, -0.15) is 0 Å². The second-order valence-electron chi connectivity index (χ2n) is 6.56. The second kappa shape index (κ2) is 7.66. The van der Waals surface area contributed by atoms with Gasteiger partial charge in [0.25, 0.3) is 5.91 Å². The Morgan fingerprint density at radius 3 is 1.93 bits per heavy atom. The van der Waals surface area contributed by atoms with Gasteiger partial charge in [-0.25, -0.2) is 4.79 Å². The number of rotatable bonds is 1. The summed E-state index contributed by atoms with van der Waals surface area (Å²) in [6.45, 7) is 0.816. The van der Waals surface area contributed by atoms with Gasteiger partial charge in [0.15, 0.2) is 0 Å². The van der Waals surface area contributed by atoms with Crippen LogP contribution >= 0.6 is 23.2 Å². The molecule has 3 amide bonds. The van der Waals surface area contributed by atoms with Gasteiger partial charge in [0.2, 0.25) is 0 Å². The fourth-order valence-corrected chi connectivity index (χ4v) is 3.64. The number of carbonyl (C=O) groups is 2. The molecule has 0 saturated carbocycles. The van der Waals surface area contributed by atoms with Gasteiger partial charge in [-0.3, -0.25) is 10.1 Å². The number of hydrogen-bond acceptors (Lipinski definition) is 2. The van der Waals surface area contributed by atoms with E-state index >= 15 is 0 Å². The Bertz CT molecular complexity index is 1030. The number of fused-ring (bicyclic) bond motifs is 3. The maximum atomic E-state index is 12.8. The first-order valence-electron chi connectivity index (χ1n) is 8.74. The number of halogens is 2. The van der Waals surface area contributed by atoms with Crippen LogP contribution in [0.15, 0.2) is 66.7 Å². The molecule has 1 heterocycles. The van der Waals surface area contributed by atoms with Crippen LogP contribution in [0.2, 0.25) is 10.0 Å². The number of imide groups is 1. The molecule has 1 aliphatic rings. The van der Waals surface area contributed by atoms with Crippen molar-refractivity contribution in [1.29, 1.82) is 0 Å². The minimum atomic E-state index is -0.519. The summed E-state index contributed by atoms with van der Waals surface area (Å²) in [4.78, 5) is 26.9. The fraction of sp³-hybridized carbons (Fsp3) is 0.0909. The quantitative estimate of drug-likeness (QED) is 0.573. The van der Waals surface area contributed by atoms with Crippen molar-refractivity contribution in [1.82, 2.24) is 10.2 Å². The van der Waals surface area contributed by atoms with Crippen LogP contribution in [0.3, 0.4) is 0 Å². The lowest BCUT2D eigenvalue weighted by atomic mass is 9.97. The average molecular weight is 411 g/mol. The summed E-state index contributed by atoms with van der Waals surface area (Å²) in [5.74, 6) is -0.519. The third-order valence-corrected chi connectivity index (χ3v) is 5.48. The Hall–Kier alpha value is -2.82. The summed E-state index contributed by atoms with van der Waals surface area (Å²) >= 11 is 11.9. The predicted octanol–water partition coefficient (Wildman–Crippen LogP) is 5.53. The molecule has 0 atom stereocenters. The maximum absolute atomic E-state index is 12.8. The fourth-order valence-electron chi connectivity index (χ4n) is 3.34. The SMILES string of the molecule is O=C(NC(=O)N1Cc2ccccc2-c2ccccc2C1)c1ccc(Cl)c(Cl)c1. The zero-order valence-corrected chi connectivity index (χ0v) is 16.3. The van der Waals surface area contributed by atoms with E-state index in [-0.39, 0.29) is 10.6 Å². The molecular weight excluding hydrogens is 395 g/mol. The molecule has 0 aromatic heterocycles. The van der Waals surface area contributed by atoms with Crippen molar-refractivity contribution in [3.8, 4) is 11.1 Å². The van der Waals surface area contributed by atoms with Crippen LogP contribution in [0, 0.1) is 0 Å². The highest BCUT2D eigenvalue weighted by molar-refractivity contribution is 6.42. The minimum Gasteiger partial charge on any atom is -0.316 e. The summed E-state index contributed by atoms with van der Waals surface area (Å²) < 4.78 is 0. The van der Waals surface area contributed by atoms with Gasteiger partial charge in [-0.15, -0.1) is 0 Å². The lowest BCUT2D eigenvalue weighted by molar-refractivity contribution is 0.0949. The predicted molar refractivity (Wildman–Crippen MR) is 110 cm³/mol. The standard InChI is InChI=1S/C22H16Cl2N2O2/c23-19-10-9-14(11-20(19)24)21(27)25-22(28)26-12-15-5-1-3-7-17(15)18-8-4-2-6-16(18)13-26/h1-11H,12-13H2,(H,25,27,28). The maximum Gasteiger partial charge on any atom is 0.324 e. The van der Waals surface area contributed by atoms with E-state index in [1.165, 1.54) is 18.2 Å². The molecule has 0 aliphatic carbocycles. The van der Waals surface area contributed by atoms with Crippen LogP contribution in [0.5, 0.6) is 0 Å². The molecule has 28 heavy (non-hydrogen) atoms. The number of nitrogens with one attached hydrogen (secondary N) is 1. The van der Waals surface area contributed by atoms with Gasteiger partial charge in [0.05, 0.1) is 10.0 Å². The van der Waals surface area contributed by atoms with Crippen molar-refractivity contribution in [2.75, 3.05) is 0 Å². The Kier molecular flexibility index (Phi) is 5.07. The number of carbonyl (C=O) groups excluding carboxylic acids is 2. The molecule has 0 unspecified atom stereocenters. The molecule has 6 heteroatoms. The first-order chi connectivity index (χ1) is 13.5. The molecule has 4 rings (SSSR count). The normalized spacial score (nSPS) is 12.6. The van der Waals surface area contributed by atoms with E-state index in [0.29, 0.717) is 18.1 Å². The van der Waals surface area contributed by atoms with Crippen molar-refractivity contribution in [2.24, 2.45) is 0 Å². The van der Waals surface area contributed by atoms with E-state index < -0.39 is 11.9 Å². The van der Waals surface area contributed by atoms with E-state index in [0.717, 1.165) is 22.3 Å². The highest BCUT2D eigenvalue weighted by Crippen LogP contribution is 2.32. The van der Waals surface area contributed by atoms with Crippen molar-refractivity contribution in [2.45, 2.75) is 13.1 Å². The van der Waals surface area contributed by atoms with Crippen molar-refractivity contribution in [3.05, 3.63) is 93.5 Å². The third kappa shape index (κ3) is 3.61. The number of amides is 3. The van der Waals surface area contributed by atoms with Crippen LogP contribution in [0.1, 0.15) is 21.5 Å². The molecule has 1 aliphatic heterocycles. The zero-order chi connectivity index (χ0) is 19.7. The largest absolute Gasteiger partial charge is 0.324 e. The summed E-state index contributed by atoms with van der Waals surface area (Å²) in [6.07, 6.45) is 0. The molecular formula is C22H16Cl2N2O2. The summed E-state index contributed by atoms with van der Waals surface area (Å²) in [7, 11) is 0. The second-order valence-corrected chi connectivity index (χ2v) is 7.37. The molecule has 3 aromatic rings. The van der Waals surface area contributed by atoms with Crippen LogP contribution in [-0.4, -0.2) is 16.8 Å². The van der Waals surface area contributed by atoms with Crippen molar-refractivity contribution in [3.63, 3.8) is 0 Å². The molecule has 140 valence electrons. The molecule has 3 aromatic carbocycles. The van der Waals surface area contributed by atoms with Crippen molar-refractivity contribution < 1.29 is 9.59 Å². The molecule has 0 radical (unpaired) electrons. The van der Waals surface area contributed by atoms with E-state index in [9.17, 15) is 9.59 Å². The number of nitrogens with zero attached hydrogens (tertiary/aromatic N) is 1. The zero-order valence-electron chi connectivity index (χ0n) is 14.8. The van der Waals surface area contributed by atoms with E-state index in [2.05, 4.69) is 17.4 Å². The molecule has 0 fully saturated rings. The van der Waals surface area contributed by atoms with Crippen LogP contribution < -0.4 is 5.32 Å². The molecule has 0 saturated heterocycles. The highest BCUT2D eigenvalue weighted by atomic mass is 35.5. The van der Waals surface area contributed by atoms with Gasteiger partial charge in [0, 0.05) is 18.7 Å². The summed E-state index contributed by atoms with van der Waals surface area (Å²) in [5, 5.41) is 3.06. The first kappa shape index (κ1) is 18.5. The van der Waals surface area contributed by atoms with Gasteiger partial charge >= 0.3 is 6.03 Å². The van der Waals surface area contributed by atoms with Gasteiger partial charge in [0.1, 0.15) is 0 Å². The monoisotopic (exact) mass is 410 g/mol. The lowest BCUT2D eigenvalue weighted by Crippen LogP contribution is -2.41. The van der Waals surface area contributed by atoms with Crippen LogP contribution in [0.4, 0.5) is 4.79 Å². The number of benzene rings is 3. The van der Waals surface area contributed by atoms with Gasteiger partial charge in [-0.1, -0.05) is 71.7 Å². The number of urea groups is 1. The Morgan fingerprint density at radius 1 is 0.786 bits per heavy atom.